The van der Waals surface area contributed by atoms with Crippen LogP contribution in [0.1, 0.15) is 44.0 Å². The van der Waals surface area contributed by atoms with Crippen molar-refractivity contribution in [2.45, 2.75) is 50.2 Å². The average molecular weight is 435 g/mol. The zero-order chi connectivity index (χ0) is 22.1. The monoisotopic (exact) mass is 434 g/mol. The van der Waals surface area contributed by atoms with Crippen molar-refractivity contribution >= 4 is 32.9 Å². The summed E-state index contributed by atoms with van der Waals surface area (Å²) in [6, 6.07) is 8.84. The molecule has 0 saturated carbocycles. The van der Waals surface area contributed by atoms with Gasteiger partial charge in [-0.3, -0.25) is 0 Å². The van der Waals surface area contributed by atoms with E-state index in [2.05, 4.69) is 4.72 Å². The van der Waals surface area contributed by atoms with Crippen LogP contribution in [0.4, 0.5) is 4.79 Å². The Hall–Kier alpha value is -2.65. The van der Waals surface area contributed by atoms with Gasteiger partial charge in [0.05, 0.1) is 10.5 Å². The van der Waals surface area contributed by atoms with E-state index in [9.17, 15) is 23.1 Å². The molecule has 1 aliphatic rings. The summed E-state index contributed by atoms with van der Waals surface area (Å²) in [5, 5.41) is 10.1. The fraction of sp³-hybridized carbons (Fsp3) is 0.429. The molecular weight excluding hydrogens is 408 g/mol. The van der Waals surface area contributed by atoms with Gasteiger partial charge >= 0.3 is 12.1 Å². The second-order valence-electron chi connectivity index (χ2n) is 8.32. The minimum absolute atomic E-state index is 0.0395. The molecule has 1 saturated heterocycles. The van der Waals surface area contributed by atoms with Crippen molar-refractivity contribution in [1.29, 1.82) is 0 Å². The lowest BCUT2D eigenvalue weighted by Gasteiger charge is -2.33. The zero-order valence-electron chi connectivity index (χ0n) is 17.2. The number of carbonyl (C=O) groups excluding carboxylic acids is 1. The summed E-state index contributed by atoms with van der Waals surface area (Å²) >= 11 is 0. The predicted octanol–water partition coefficient (Wildman–Crippen LogP) is 3.22. The van der Waals surface area contributed by atoms with E-state index in [-0.39, 0.29) is 16.5 Å². The van der Waals surface area contributed by atoms with Crippen molar-refractivity contribution in [1.82, 2.24) is 9.62 Å². The lowest BCUT2D eigenvalue weighted by Crippen LogP contribution is -2.47. The molecule has 1 aliphatic heterocycles. The van der Waals surface area contributed by atoms with Crippen molar-refractivity contribution in [2.75, 3.05) is 13.1 Å². The molecular formula is C21H26N2O6S. The molecule has 1 fully saturated rings. The van der Waals surface area contributed by atoms with Gasteiger partial charge in [-0.2, -0.15) is 0 Å². The number of carboxylic acids is 1. The summed E-state index contributed by atoms with van der Waals surface area (Å²) in [5.74, 6) is -1.11. The van der Waals surface area contributed by atoms with E-state index < -0.39 is 27.7 Å². The van der Waals surface area contributed by atoms with Crippen LogP contribution in [-0.2, 0) is 14.8 Å². The molecule has 8 nitrogen and oxygen atoms in total. The van der Waals surface area contributed by atoms with Crippen molar-refractivity contribution in [3.05, 3.63) is 42.0 Å². The predicted molar refractivity (Wildman–Crippen MR) is 112 cm³/mol. The lowest BCUT2D eigenvalue weighted by molar-refractivity contribution is 0.0203. The summed E-state index contributed by atoms with van der Waals surface area (Å²) in [6.45, 7) is 6.17. The molecule has 3 rings (SSSR count). The number of nitrogens with zero attached hydrogens (tertiary/aromatic N) is 1. The molecule has 1 amide bonds. The maximum atomic E-state index is 13.0. The molecule has 0 spiro atoms. The first-order valence-corrected chi connectivity index (χ1v) is 11.2. The molecule has 162 valence electrons. The molecule has 0 unspecified atom stereocenters. The molecule has 9 heteroatoms. The summed E-state index contributed by atoms with van der Waals surface area (Å²) in [4.78, 5) is 25.3. The van der Waals surface area contributed by atoms with Crippen LogP contribution in [0.5, 0.6) is 0 Å². The second-order valence-corrected chi connectivity index (χ2v) is 10.0. The van der Waals surface area contributed by atoms with Crippen molar-refractivity contribution in [3.8, 4) is 0 Å². The van der Waals surface area contributed by atoms with Gasteiger partial charge in [0.2, 0.25) is 10.0 Å². The minimum atomic E-state index is -3.87. The van der Waals surface area contributed by atoms with Crippen LogP contribution in [0.2, 0.25) is 0 Å². The zero-order valence-corrected chi connectivity index (χ0v) is 18.0. The molecule has 2 aromatic carbocycles. The number of ether oxygens (including phenoxy) is 1. The Morgan fingerprint density at radius 1 is 1.07 bits per heavy atom. The van der Waals surface area contributed by atoms with Crippen LogP contribution < -0.4 is 4.72 Å². The number of benzene rings is 2. The van der Waals surface area contributed by atoms with E-state index in [1.807, 2.05) is 0 Å². The van der Waals surface area contributed by atoms with Gasteiger partial charge < -0.3 is 14.7 Å². The topological polar surface area (TPSA) is 113 Å². The van der Waals surface area contributed by atoms with Gasteiger partial charge in [0, 0.05) is 24.5 Å². The number of hydrogen-bond acceptors (Lipinski definition) is 5. The Balaban J connectivity index is 1.75. The first-order chi connectivity index (χ1) is 14.0. The number of likely N-dealkylation sites (tertiary alicyclic amines) is 1. The number of aromatic carboxylic acids is 1. The van der Waals surface area contributed by atoms with Gasteiger partial charge in [-0.25, -0.2) is 22.7 Å². The SMILES string of the molecule is CC(C)(C)OC(=O)N1CCC(NS(=O)(=O)c2cccc3c(C(=O)O)cccc23)CC1. The highest BCUT2D eigenvalue weighted by molar-refractivity contribution is 7.89. The highest BCUT2D eigenvalue weighted by atomic mass is 32.2. The van der Waals surface area contributed by atoms with Gasteiger partial charge in [-0.05, 0) is 51.1 Å². The Kier molecular flexibility index (Phi) is 6.05. The lowest BCUT2D eigenvalue weighted by atomic mass is 10.0. The molecule has 30 heavy (non-hydrogen) atoms. The number of amides is 1. The highest BCUT2D eigenvalue weighted by Crippen LogP contribution is 2.27. The molecule has 0 aromatic heterocycles. The summed E-state index contributed by atoms with van der Waals surface area (Å²) in [5.41, 5.74) is -0.534. The normalized spacial score (nSPS) is 15.9. The van der Waals surface area contributed by atoms with Gasteiger partial charge in [0.25, 0.3) is 0 Å². The third kappa shape index (κ3) is 4.91. The number of rotatable bonds is 4. The Morgan fingerprint density at radius 2 is 1.67 bits per heavy atom. The number of carbonyl (C=O) groups is 2. The van der Waals surface area contributed by atoms with Crippen molar-refractivity contribution < 1.29 is 27.9 Å². The van der Waals surface area contributed by atoms with Crippen LogP contribution in [0.15, 0.2) is 41.3 Å². The molecule has 0 atom stereocenters. The third-order valence-corrected chi connectivity index (χ3v) is 6.45. The maximum absolute atomic E-state index is 13.0. The van der Waals surface area contributed by atoms with Crippen LogP contribution in [0.25, 0.3) is 10.8 Å². The first-order valence-electron chi connectivity index (χ1n) is 9.73. The van der Waals surface area contributed by atoms with Crippen LogP contribution in [-0.4, -0.2) is 55.2 Å². The highest BCUT2D eigenvalue weighted by Gasteiger charge is 2.30. The number of hydrogen-bond donors (Lipinski definition) is 2. The molecule has 0 bridgehead atoms. The molecule has 1 heterocycles. The van der Waals surface area contributed by atoms with Crippen molar-refractivity contribution in [3.63, 3.8) is 0 Å². The number of nitrogens with one attached hydrogen (secondary N) is 1. The summed E-state index contributed by atoms with van der Waals surface area (Å²) < 4.78 is 34.1. The standard InChI is InChI=1S/C21H26N2O6S/c1-21(2,3)29-20(26)23-12-10-14(11-13-23)22-30(27,28)18-9-5-6-15-16(18)7-4-8-17(15)19(24)25/h4-9,14,22H,10-13H2,1-3H3,(H,24,25). The van der Waals surface area contributed by atoms with E-state index in [0.29, 0.717) is 36.7 Å². The molecule has 2 N–H and O–H groups in total. The van der Waals surface area contributed by atoms with Gasteiger partial charge in [-0.1, -0.05) is 24.3 Å². The number of carboxylic acid groups (broad SMARTS) is 1. The van der Waals surface area contributed by atoms with Crippen LogP contribution in [0.3, 0.4) is 0 Å². The Labute approximate surface area is 175 Å². The number of sulfonamides is 1. The third-order valence-electron chi connectivity index (χ3n) is 4.87. The van der Waals surface area contributed by atoms with E-state index in [1.165, 1.54) is 24.3 Å². The number of piperidine rings is 1. The minimum Gasteiger partial charge on any atom is -0.478 e. The van der Waals surface area contributed by atoms with Gasteiger partial charge in [0.15, 0.2) is 0 Å². The number of fused-ring (bicyclic) bond motifs is 1. The fourth-order valence-electron chi connectivity index (χ4n) is 3.49. The molecule has 0 aliphatic carbocycles. The van der Waals surface area contributed by atoms with Crippen LogP contribution >= 0.6 is 0 Å². The Morgan fingerprint density at radius 3 is 2.27 bits per heavy atom. The van der Waals surface area contributed by atoms with Gasteiger partial charge in [-0.15, -0.1) is 0 Å². The van der Waals surface area contributed by atoms with E-state index in [0.717, 1.165) is 0 Å². The smallest absolute Gasteiger partial charge is 0.410 e. The Bertz CT molecular complexity index is 1070. The maximum Gasteiger partial charge on any atom is 0.410 e. The summed E-state index contributed by atoms with van der Waals surface area (Å²) in [6.07, 6.45) is 0.520. The van der Waals surface area contributed by atoms with E-state index >= 15 is 0 Å². The van der Waals surface area contributed by atoms with Crippen molar-refractivity contribution in [2.24, 2.45) is 0 Å². The first kappa shape index (κ1) is 22.0. The van der Waals surface area contributed by atoms with E-state index in [4.69, 9.17) is 4.74 Å². The largest absolute Gasteiger partial charge is 0.478 e. The average Bonchev–Trinajstić information content (AvgIpc) is 2.65. The van der Waals surface area contributed by atoms with E-state index in [1.54, 1.807) is 37.8 Å². The fourth-order valence-corrected chi connectivity index (χ4v) is 5.02. The van der Waals surface area contributed by atoms with Gasteiger partial charge in [0.1, 0.15) is 5.60 Å². The molecule has 0 radical (unpaired) electrons. The quantitative estimate of drug-likeness (QED) is 0.764. The molecule has 2 aromatic rings. The second kappa shape index (κ2) is 8.23. The van der Waals surface area contributed by atoms with Crippen LogP contribution in [0, 0.1) is 0 Å². The summed E-state index contributed by atoms with van der Waals surface area (Å²) in [7, 11) is -3.87.